The Balaban J connectivity index is 1.70. The zero-order chi connectivity index (χ0) is 14.2. The topological polar surface area (TPSA) is 42.2 Å². The smallest absolute Gasteiger partial charge is 0.126 e. The van der Waals surface area contributed by atoms with E-state index in [9.17, 15) is 4.39 Å². The van der Waals surface area contributed by atoms with Crippen molar-refractivity contribution in [1.82, 2.24) is 0 Å². The van der Waals surface area contributed by atoms with Gasteiger partial charge in [-0.3, -0.25) is 0 Å². The van der Waals surface area contributed by atoms with Gasteiger partial charge in [0, 0.05) is 12.5 Å². The van der Waals surface area contributed by atoms with Gasteiger partial charge >= 0.3 is 0 Å². The summed E-state index contributed by atoms with van der Waals surface area (Å²) in [5.41, 5.74) is 0.568. The molecule has 0 heterocycles. The molecular formula is C16H14FNO2. The number of halogens is 1. The fourth-order valence-corrected chi connectivity index (χ4v) is 1.65. The standard InChI is InChI=1S/C16H14FNO2/c17-14-5-2-7-16(11-14)20-9-3-8-19-15-6-1-4-13(10-15)12-18/h1-2,4-7,10-11H,3,8-9H2. The highest BCUT2D eigenvalue weighted by Crippen LogP contribution is 2.14. The van der Waals surface area contributed by atoms with E-state index in [1.165, 1.54) is 12.1 Å². The molecule has 0 aromatic heterocycles. The van der Waals surface area contributed by atoms with Crippen LogP contribution >= 0.6 is 0 Å². The Labute approximate surface area is 117 Å². The summed E-state index contributed by atoms with van der Waals surface area (Å²) in [5, 5.41) is 8.76. The summed E-state index contributed by atoms with van der Waals surface area (Å²) in [6.07, 6.45) is 0.674. The molecular weight excluding hydrogens is 257 g/mol. The van der Waals surface area contributed by atoms with Gasteiger partial charge in [0.15, 0.2) is 0 Å². The minimum atomic E-state index is -0.313. The van der Waals surface area contributed by atoms with Crippen LogP contribution in [0.3, 0.4) is 0 Å². The van der Waals surface area contributed by atoms with E-state index in [0.717, 1.165) is 0 Å². The average molecular weight is 271 g/mol. The van der Waals surface area contributed by atoms with Crippen molar-refractivity contribution in [2.75, 3.05) is 13.2 Å². The van der Waals surface area contributed by atoms with Crippen molar-refractivity contribution in [3.8, 4) is 17.6 Å². The summed E-state index contributed by atoms with van der Waals surface area (Å²) in [7, 11) is 0. The molecule has 0 atom stereocenters. The molecule has 4 heteroatoms. The second-order valence-corrected chi connectivity index (χ2v) is 4.15. The monoisotopic (exact) mass is 271 g/mol. The molecule has 0 aliphatic rings. The van der Waals surface area contributed by atoms with Gasteiger partial charge in [0.1, 0.15) is 17.3 Å². The molecule has 2 rings (SSSR count). The highest BCUT2D eigenvalue weighted by atomic mass is 19.1. The van der Waals surface area contributed by atoms with Crippen LogP contribution in [0, 0.1) is 17.1 Å². The number of nitrogens with zero attached hydrogens (tertiary/aromatic N) is 1. The molecule has 0 saturated carbocycles. The Hall–Kier alpha value is -2.54. The number of benzene rings is 2. The van der Waals surface area contributed by atoms with Crippen LogP contribution in [-0.2, 0) is 0 Å². The van der Waals surface area contributed by atoms with E-state index in [0.29, 0.717) is 36.7 Å². The Morgan fingerprint density at radius 1 is 0.950 bits per heavy atom. The second kappa shape index (κ2) is 7.15. The molecule has 2 aromatic carbocycles. The summed E-state index contributed by atoms with van der Waals surface area (Å²) in [6, 6.07) is 15.1. The van der Waals surface area contributed by atoms with Crippen LogP contribution in [0.25, 0.3) is 0 Å². The lowest BCUT2D eigenvalue weighted by atomic mass is 10.2. The van der Waals surface area contributed by atoms with Crippen molar-refractivity contribution in [3.05, 3.63) is 59.9 Å². The lowest BCUT2D eigenvalue weighted by Crippen LogP contribution is -2.05. The first-order chi connectivity index (χ1) is 9.78. The minimum absolute atomic E-state index is 0.313. The number of nitriles is 1. The van der Waals surface area contributed by atoms with E-state index < -0.39 is 0 Å². The maximum Gasteiger partial charge on any atom is 0.126 e. The van der Waals surface area contributed by atoms with Gasteiger partial charge in [-0.1, -0.05) is 12.1 Å². The van der Waals surface area contributed by atoms with Crippen molar-refractivity contribution in [3.63, 3.8) is 0 Å². The van der Waals surface area contributed by atoms with E-state index >= 15 is 0 Å². The summed E-state index contributed by atoms with van der Waals surface area (Å²) in [5.74, 6) is 0.860. The zero-order valence-electron chi connectivity index (χ0n) is 10.9. The number of hydrogen-bond donors (Lipinski definition) is 0. The molecule has 0 unspecified atom stereocenters. The first-order valence-electron chi connectivity index (χ1n) is 6.29. The molecule has 0 fully saturated rings. The Morgan fingerprint density at radius 2 is 1.60 bits per heavy atom. The molecule has 0 amide bonds. The van der Waals surface area contributed by atoms with Gasteiger partial charge in [0.05, 0.1) is 24.8 Å². The van der Waals surface area contributed by atoms with Crippen LogP contribution in [0.5, 0.6) is 11.5 Å². The molecule has 0 aliphatic carbocycles. The third kappa shape index (κ3) is 4.29. The van der Waals surface area contributed by atoms with Gasteiger partial charge in [-0.05, 0) is 30.3 Å². The SMILES string of the molecule is N#Cc1cccc(OCCCOc2cccc(F)c2)c1. The Morgan fingerprint density at radius 3 is 2.25 bits per heavy atom. The maximum absolute atomic E-state index is 12.9. The molecule has 0 radical (unpaired) electrons. The number of ether oxygens (including phenoxy) is 2. The molecule has 102 valence electrons. The predicted octanol–water partition coefficient (Wildman–Crippen LogP) is 3.55. The van der Waals surface area contributed by atoms with Crippen molar-refractivity contribution in [1.29, 1.82) is 5.26 Å². The summed E-state index contributed by atoms with van der Waals surface area (Å²) in [6.45, 7) is 0.922. The van der Waals surface area contributed by atoms with E-state index in [1.807, 2.05) is 0 Å². The Bertz CT molecular complexity index is 607. The first kappa shape index (κ1) is 13.9. The van der Waals surface area contributed by atoms with Crippen molar-refractivity contribution < 1.29 is 13.9 Å². The van der Waals surface area contributed by atoms with Crippen LogP contribution < -0.4 is 9.47 Å². The Kier molecular flexibility index (Phi) is 4.96. The van der Waals surface area contributed by atoms with Gasteiger partial charge in [-0.15, -0.1) is 0 Å². The summed E-state index contributed by atoms with van der Waals surface area (Å²) >= 11 is 0. The second-order valence-electron chi connectivity index (χ2n) is 4.15. The lowest BCUT2D eigenvalue weighted by molar-refractivity contribution is 0.247. The fourth-order valence-electron chi connectivity index (χ4n) is 1.65. The highest BCUT2D eigenvalue weighted by Gasteiger charge is 1.98. The largest absolute Gasteiger partial charge is 0.493 e. The quantitative estimate of drug-likeness (QED) is 0.754. The highest BCUT2D eigenvalue weighted by molar-refractivity contribution is 5.36. The number of rotatable bonds is 6. The third-order valence-electron chi connectivity index (χ3n) is 2.59. The van der Waals surface area contributed by atoms with E-state index in [1.54, 1.807) is 36.4 Å². The summed E-state index contributed by atoms with van der Waals surface area (Å²) < 4.78 is 23.8. The predicted molar refractivity (Wildman–Crippen MR) is 73.2 cm³/mol. The van der Waals surface area contributed by atoms with Crippen LogP contribution in [0.4, 0.5) is 4.39 Å². The van der Waals surface area contributed by atoms with Crippen LogP contribution in [-0.4, -0.2) is 13.2 Å². The maximum atomic E-state index is 12.9. The lowest BCUT2D eigenvalue weighted by Gasteiger charge is -2.08. The van der Waals surface area contributed by atoms with E-state index in [2.05, 4.69) is 6.07 Å². The molecule has 2 aromatic rings. The summed E-state index contributed by atoms with van der Waals surface area (Å²) in [4.78, 5) is 0. The molecule has 0 spiro atoms. The van der Waals surface area contributed by atoms with Crippen LogP contribution in [0.15, 0.2) is 48.5 Å². The number of hydrogen-bond acceptors (Lipinski definition) is 3. The van der Waals surface area contributed by atoms with Crippen molar-refractivity contribution in [2.45, 2.75) is 6.42 Å². The fraction of sp³-hybridized carbons (Fsp3) is 0.188. The van der Waals surface area contributed by atoms with E-state index in [4.69, 9.17) is 14.7 Å². The average Bonchev–Trinajstić information content (AvgIpc) is 2.47. The molecule has 20 heavy (non-hydrogen) atoms. The molecule has 0 bridgehead atoms. The van der Waals surface area contributed by atoms with Gasteiger partial charge in [0.25, 0.3) is 0 Å². The van der Waals surface area contributed by atoms with Gasteiger partial charge in [0.2, 0.25) is 0 Å². The van der Waals surface area contributed by atoms with Gasteiger partial charge in [-0.25, -0.2) is 4.39 Å². The normalized spacial score (nSPS) is 9.80. The molecule has 0 aliphatic heterocycles. The zero-order valence-corrected chi connectivity index (χ0v) is 10.9. The van der Waals surface area contributed by atoms with Crippen molar-refractivity contribution in [2.24, 2.45) is 0 Å². The van der Waals surface area contributed by atoms with Gasteiger partial charge in [-0.2, -0.15) is 5.26 Å². The van der Waals surface area contributed by atoms with Gasteiger partial charge < -0.3 is 9.47 Å². The van der Waals surface area contributed by atoms with Crippen LogP contribution in [0.1, 0.15) is 12.0 Å². The molecule has 0 saturated heterocycles. The first-order valence-corrected chi connectivity index (χ1v) is 6.29. The minimum Gasteiger partial charge on any atom is -0.493 e. The molecule has 3 nitrogen and oxygen atoms in total. The molecule has 0 N–H and O–H groups in total. The third-order valence-corrected chi connectivity index (χ3v) is 2.59. The van der Waals surface area contributed by atoms with Crippen molar-refractivity contribution >= 4 is 0 Å². The van der Waals surface area contributed by atoms with E-state index in [-0.39, 0.29) is 5.82 Å². The van der Waals surface area contributed by atoms with Crippen LogP contribution in [0.2, 0.25) is 0 Å².